The maximum atomic E-state index is 12.7. The van der Waals surface area contributed by atoms with Gasteiger partial charge in [0.15, 0.2) is 5.78 Å². The second-order valence-electron chi connectivity index (χ2n) is 6.26. The molecular formula is C20H17F3N2O2. The minimum atomic E-state index is -4.47. The fraction of sp³-hybridized carbons (Fsp3) is 0.200. The van der Waals surface area contributed by atoms with Crippen LogP contribution in [-0.2, 0) is 11.0 Å². The third-order valence-electron chi connectivity index (χ3n) is 4.36. The first-order valence-electron chi connectivity index (χ1n) is 8.33. The number of hydrogen-bond donors (Lipinski definition) is 2. The molecule has 1 aliphatic carbocycles. The van der Waals surface area contributed by atoms with E-state index in [4.69, 9.17) is 0 Å². The van der Waals surface area contributed by atoms with Crippen molar-refractivity contribution < 1.29 is 22.8 Å². The second-order valence-corrected chi connectivity index (χ2v) is 6.26. The lowest BCUT2D eigenvalue weighted by Crippen LogP contribution is -2.13. The van der Waals surface area contributed by atoms with Crippen molar-refractivity contribution in [3.63, 3.8) is 0 Å². The molecule has 140 valence electrons. The van der Waals surface area contributed by atoms with Gasteiger partial charge in [0.05, 0.1) is 5.56 Å². The average molecular weight is 374 g/mol. The Hall–Kier alpha value is -3.09. The average Bonchev–Trinajstić information content (AvgIpc) is 2.94. The predicted octanol–water partition coefficient (Wildman–Crippen LogP) is 5.01. The van der Waals surface area contributed by atoms with E-state index >= 15 is 0 Å². The summed E-state index contributed by atoms with van der Waals surface area (Å²) >= 11 is 0. The minimum Gasteiger partial charge on any atom is -0.359 e. The summed E-state index contributed by atoms with van der Waals surface area (Å²) in [5, 5.41) is 5.63. The standard InChI is InChI=1S/C20H17F3N2O2/c1-12-17(9-10-18(12)26)24-15-7-5-13(6-8-15)19(27)25-16-4-2-3-14(11-16)20(21,22)23/h2-8,11,24H,9-10H2,1H3,(H,25,27). The molecule has 0 saturated heterocycles. The van der Waals surface area contributed by atoms with Crippen LogP contribution in [0.4, 0.5) is 24.5 Å². The largest absolute Gasteiger partial charge is 0.416 e. The van der Waals surface area contributed by atoms with Crippen LogP contribution in [0.3, 0.4) is 0 Å². The van der Waals surface area contributed by atoms with Crippen molar-refractivity contribution in [2.24, 2.45) is 0 Å². The summed E-state index contributed by atoms with van der Waals surface area (Å²) in [6, 6.07) is 11.0. The molecule has 0 bridgehead atoms. The van der Waals surface area contributed by atoms with Crippen LogP contribution in [0.25, 0.3) is 0 Å². The summed E-state index contributed by atoms with van der Waals surface area (Å²) in [6.45, 7) is 1.77. The zero-order valence-corrected chi connectivity index (χ0v) is 14.5. The molecule has 0 aromatic heterocycles. The summed E-state index contributed by atoms with van der Waals surface area (Å²) < 4.78 is 38.2. The van der Waals surface area contributed by atoms with Crippen molar-refractivity contribution in [3.8, 4) is 0 Å². The molecule has 0 spiro atoms. The highest BCUT2D eigenvalue weighted by molar-refractivity contribution is 6.04. The molecule has 2 aromatic rings. The van der Waals surface area contributed by atoms with Gasteiger partial charge >= 0.3 is 6.18 Å². The van der Waals surface area contributed by atoms with Crippen molar-refractivity contribution in [1.29, 1.82) is 0 Å². The van der Waals surface area contributed by atoms with Gasteiger partial charge in [-0.1, -0.05) is 6.07 Å². The van der Waals surface area contributed by atoms with Crippen LogP contribution in [-0.4, -0.2) is 11.7 Å². The number of amides is 1. The first-order valence-corrected chi connectivity index (χ1v) is 8.33. The Kier molecular flexibility index (Phi) is 5.03. The van der Waals surface area contributed by atoms with E-state index in [-0.39, 0.29) is 11.5 Å². The molecular weight excluding hydrogens is 357 g/mol. The lowest BCUT2D eigenvalue weighted by atomic mass is 10.1. The molecule has 3 rings (SSSR count). The van der Waals surface area contributed by atoms with Gasteiger partial charge < -0.3 is 10.6 Å². The molecule has 4 nitrogen and oxygen atoms in total. The lowest BCUT2D eigenvalue weighted by Gasteiger charge is -2.11. The molecule has 0 saturated carbocycles. The van der Waals surface area contributed by atoms with E-state index < -0.39 is 17.6 Å². The number of alkyl halides is 3. The molecule has 0 fully saturated rings. The third kappa shape index (κ3) is 4.36. The van der Waals surface area contributed by atoms with E-state index in [1.807, 2.05) is 0 Å². The summed E-state index contributed by atoms with van der Waals surface area (Å²) in [7, 11) is 0. The van der Waals surface area contributed by atoms with E-state index in [0.29, 0.717) is 24.0 Å². The van der Waals surface area contributed by atoms with Crippen molar-refractivity contribution in [3.05, 3.63) is 70.9 Å². The van der Waals surface area contributed by atoms with Crippen LogP contribution in [0.1, 0.15) is 35.7 Å². The number of halogens is 3. The molecule has 7 heteroatoms. The monoisotopic (exact) mass is 374 g/mol. The zero-order chi connectivity index (χ0) is 19.6. The molecule has 27 heavy (non-hydrogen) atoms. The number of hydrogen-bond acceptors (Lipinski definition) is 3. The van der Waals surface area contributed by atoms with Crippen molar-refractivity contribution in [2.75, 3.05) is 10.6 Å². The molecule has 0 aliphatic heterocycles. The number of benzene rings is 2. The van der Waals surface area contributed by atoms with Gasteiger partial charge in [0.2, 0.25) is 0 Å². The Morgan fingerprint density at radius 3 is 2.30 bits per heavy atom. The normalized spacial score (nSPS) is 14.4. The Balaban J connectivity index is 1.69. The first kappa shape index (κ1) is 18.7. The Morgan fingerprint density at radius 2 is 1.70 bits per heavy atom. The van der Waals surface area contributed by atoms with E-state index in [1.54, 1.807) is 31.2 Å². The molecule has 2 N–H and O–H groups in total. The Morgan fingerprint density at radius 1 is 1.00 bits per heavy atom. The van der Waals surface area contributed by atoms with Gasteiger partial charge in [-0.25, -0.2) is 0 Å². The van der Waals surface area contributed by atoms with Crippen molar-refractivity contribution in [1.82, 2.24) is 0 Å². The predicted molar refractivity (Wildman–Crippen MR) is 96.4 cm³/mol. The molecule has 2 aromatic carbocycles. The number of ketones is 1. The maximum absolute atomic E-state index is 12.7. The van der Waals surface area contributed by atoms with E-state index in [1.165, 1.54) is 12.1 Å². The summed E-state index contributed by atoms with van der Waals surface area (Å²) in [6.07, 6.45) is -3.32. The van der Waals surface area contributed by atoms with Crippen LogP contribution in [0.5, 0.6) is 0 Å². The number of carbonyl (C=O) groups is 2. The fourth-order valence-corrected chi connectivity index (χ4v) is 2.79. The van der Waals surface area contributed by atoms with E-state index in [2.05, 4.69) is 10.6 Å². The first-order chi connectivity index (χ1) is 12.7. The zero-order valence-electron chi connectivity index (χ0n) is 14.5. The molecule has 0 atom stereocenters. The van der Waals surface area contributed by atoms with Gasteiger partial charge in [0.1, 0.15) is 0 Å². The number of anilines is 2. The number of Topliss-reactive ketones (excluding diaryl/α,β-unsaturated/α-hetero) is 1. The molecule has 0 unspecified atom stereocenters. The number of allylic oxidation sites excluding steroid dienone is 2. The van der Waals surface area contributed by atoms with Crippen molar-refractivity contribution in [2.45, 2.75) is 25.9 Å². The van der Waals surface area contributed by atoms with Gasteiger partial charge in [0, 0.05) is 34.6 Å². The smallest absolute Gasteiger partial charge is 0.359 e. The van der Waals surface area contributed by atoms with Crippen LogP contribution >= 0.6 is 0 Å². The van der Waals surface area contributed by atoms with Crippen LogP contribution in [0, 0.1) is 0 Å². The Bertz CT molecular complexity index is 916. The fourth-order valence-electron chi connectivity index (χ4n) is 2.79. The molecule has 0 radical (unpaired) electrons. The second kappa shape index (κ2) is 7.26. The van der Waals surface area contributed by atoms with Crippen LogP contribution < -0.4 is 10.6 Å². The van der Waals surface area contributed by atoms with Crippen LogP contribution in [0.2, 0.25) is 0 Å². The van der Waals surface area contributed by atoms with Gasteiger partial charge in [-0.15, -0.1) is 0 Å². The summed E-state index contributed by atoms with van der Waals surface area (Å²) in [4.78, 5) is 23.8. The third-order valence-corrected chi connectivity index (χ3v) is 4.36. The summed E-state index contributed by atoms with van der Waals surface area (Å²) in [5.74, 6) is -0.387. The number of rotatable bonds is 4. The highest BCUT2D eigenvalue weighted by Gasteiger charge is 2.30. The maximum Gasteiger partial charge on any atom is 0.416 e. The lowest BCUT2D eigenvalue weighted by molar-refractivity contribution is -0.137. The van der Waals surface area contributed by atoms with Gasteiger partial charge in [-0.05, 0) is 55.8 Å². The highest BCUT2D eigenvalue weighted by Crippen LogP contribution is 2.31. The molecule has 0 heterocycles. The number of carbonyl (C=O) groups excluding carboxylic acids is 2. The van der Waals surface area contributed by atoms with Gasteiger partial charge in [-0.3, -0.25) is 9.59 Å². The SMILES string of the molecule is CC1=C(Nc2ccc(C(=O)Nc3cccc(C(F)(F)F)c3)cc2)CCC1=O. The molecule has 1 amide bonds. The van der Waals surface area contributed by atoms with Crippen molar-refractivity contribution >= 4 is 23.1 Å². The molecule has 1 aliphatic rings. The Labute approximate surface area is 154 Å². The quantitative estimate of drug-likeness (QED) is 0.791. The number of nitrogens with one attached hydrogen (secondary N) is 2. The topological polar surface area (TPSA) is 58.2 Å². The van der Waals surface area contributed by atoms with E-state index in [9.17, 15) is 22.8 Å². The summed E-state index contributed by atoms with van der Waals surface area (Å²) in [5.41, 5.74) is 1.86. The highest BCUT2D eigenvalue weighted by atomic mass is 19.4. The van der Waals surface area contributed by atoms with Gasteiger partial charge in [-0.2, -0.15) is 13.2 Å². The minimum absolute atomic E-state index is 0.0716. The van der Waals surface area contributed by atoms with Gasteiger partial charge in [0.25, 0.3) is 5.91 Å². The van der Waals surface area contributed by atoms with Crippen LogP contribution in [0.15, 0.2) is 59.8 Å². The van der Waals surface area contributed by atoms with E-state index in [0.717, 1.165) is 23.5 Å².